The zero-order valence-corrected chi connectivity index (χ0v) is 15.2. The van der Waals surface area contributed by atoms with Crippen molar-refractivity contribution in [2.45, 2.75) is 19.4 Å². The first kappa shape index (κ1) is 15.3. The van der Waals surface area contributed by atoms with Crippen LogP contribution < -0.4 is 5.32 Å². The number of nitrogens with zero attached hydrogens (tertiary/aromatic N) is 1. The van der Waals surface area contributed by atoms with Crippen LogP contribution >= 0.6 is 0 Å². The van der Waals surface area contributed by atoms with Gasteiger partial charge in [-0.15, -0.1) is 0 Å². The van der Waals surface area contributed by atoms with Crippen LogP contribution in [0.3, 0.4) is 0 Å². The predicted octanol–water partition coefficient (Wildman–Crippen LogP) is 4.40. The zero-order valence-electron chi connectivity index (χ0n) is 15.2. The van der Waals surface area contributed by atoms with E-state index < -0.39 is 0 Å². The molecular weight excluding hydrogens is 369 g/mol. The number of benzene rings is 3. The number of hydrogen-bond donors (Lipinski definition) is 2. The largest absolute Gasteiger partial charge is 0.353 e. The Hall–Kier alpha value is -3.67. The number of para-hydroxylation sites is 1. The summed E-state index contributed by atoms with van der Waals surface area (Å²) in [6.07, 6.45) is 1.50. The number of aromatic amines is 1. The number of carbonyl (C=O) groups is 2. The fraction of sp³-hybridized carbons (Fsp3) is 0.130. The van der Waals surface area contributed by atoms with E-state index in [1.807, 2.05) is 24.3 Å². The smallest absolute Gasteiger partial charge is 0.259 e. The Morgan fingerprint density at radius 2 is 1.69 bits per heavy atom. The van der Waals surface area contributed by atoms with Gasteiger partial charge < -0.3 is 9.55 Å². The Morgan fingerprint density at radius 1 is 0.897 bits per heavy atom. The standard InChI is InChI=1S/C23H14FN3O2/c24-13-8-7-12-16-18-17(22(28)26-23(18)29)15-11-4-1-2-6-14(11)25-19(15)21(16)27-9-3-5-10(13)20(12)27/h1-2,4,6-8,25H,3,5,9H2,(H,26,28,29). The third-order valence-corrected chi connectivity index (χ3v) is 6.45. The Morgan fingerprint density at radius 3 is 2.55 bits per heavy atom. The molecule has 7 rings (SSSR count). The van der Waals surface area contributed by atoms with Gasteiger partial charge in [0, 0.05) is 39.2 Å². The highest BCUT2D eigenvalue weighted by Gasteiger charge is 2.36. The summed E-state index contributed by atoms with van der Waals surface area (Å²) in [5.74, 6) is -0.975. The summed E-state index contributed by atoms with van der Waals surface area (Å²) in [6, 6.07) is 11.0. The molecule has 0 bridgehead atoms. The molecule has 140 valence electrons. The number of nitrogens with one attached hydrogen (secondary N) is 2. The second-order valence-corrected chi connectivity index (χ2v) is 7.85. The van der Waals surface area contributed by atoms with Crippen LogP contribution in [0.5, 0.6) is 0 Å². The van der Waals surface area contributed by atoms with Crippen molar-refractivity contribution in [3.63, 3.8) is 0 Å². The maximum absolute atomic E-state index is 14.6. The van der Waals surface area contributed by atoms with E-state index in [-0.39, 0.29) is 17.6 Å². The maximum atomic E-state index is 14.6. The van der Waals surface area contributed by atoms with Crippen molar-refractivity contribution >= 4 is 55.4 Å². The van der Waals surface area contributed by atoms with Gasteiger partial charge in [0.05, 0.1) is 27.7 Å². The second-order valence-electron chi connectivity index (χ2n) is 7.85. The summed E-state index contributed by atoms with van der Waals surface area (Å²) in [4.78, 5) is 29.2. The molecule has 29 heavy (non-hydrogen) atoms. The third-order valence-electron chi connectivity index (χ3n) is 6.45. The van der Waals surface area contributed by atoms with E-state index in [9.17, 15) is 14.0 Å². The molecule has 2 aromatic heterocycles. The van der Waals surface area contributed by atoms with Crippen LogP contribution in [0.1, 0.15) is 32.7 Å². The predicted molar refractivity (Wildman–Crippen MR) is 109 cm³/mol. The molecule has 5 nitrogen and oxygen atoms in total. The number of halogens is 1. The van der Waals surface area contributed by atoms with Crippen LogP contribution in [0.25, 0.3) is 43.6 Å². The van der Waals surface area contributed by atoms with Gasteiger partial charge in [0.2, 0.25) is 0 Å². The average Bonchev–Trinajstić information content (AvgIpc) is 3.35. The highest BCUT2D eigenvalue weighted by Crippen LogP contribution is 2.45. The maximum Gasteiger partial charge on any atom is 0.259 e. The van der Waals surface area contributed by atoms with Crippen molar-refractivity contribution in [2.75, 3.05) is 0 Å². The van der Waals surface area contributed by atoms with Gasteiger partial charge in [-0.1, -0.05) is 18.2 Å². The molecule has 5 aromatic rings. The Labute approximate surface area is 163 Å². The van der Waals surface area contributed by atoms with Crippen LogP contribution in [-0.4, -0.2) is 21.4 Å². The molecule has 0 unspecified atom stereocenters. The summed E-state index contributed by atoms with van der Waals surface area (Å²) in [5.41, 5.74) is 4.96. The van der Waals surface area contributed by atoms with E-state index in [1.165, 1.54) is 6.07 Å². The summed E-state index contributed by atoms with van der Waals surface area (Å²) in [6.45, 7) is 0.745. The van der Waals surface area contributed by atoms with Crippen molar-refractivity contribution < 1.29 is 14.0 Å². The van der Waals surface area contributed by atoms with E-state index in [2.05, 4.69) is 14.9 Å². The molecular formula is C23H14FN3O2. The van der Waals surface area contributed by atoms with Gasteiger partial charge >= 0.3 is 0 Å². The van der Waals surface area contributed by atoms with Crippen molar-refractivity contribution in [2.24, 2.45) is 0 Å². The summed E-state index contributed by atoms with van der Waals surface area (Å²) in [7, 11) is 0. The van der Waals surface area contributed by atoms with Crippen LogP contribution in [0.4, 0.5) is 4.39 Å². The average molecular weight is 383 g/mol. The van der Waals surface area contributed by atoms with Crippen molar-refractivity contribution in [3.8, 4) is 0 Å². The number of imide groups is 1. The van der Waals surface area contributed by atoms with Crippen LogP contribution in [-0.2, 0) is 13.0 Å². The van der Waals surface area contributed by atoms with Crippen LogP contribution in [0.2, 0.25) is 0 Å². The van der Waals surface area contributed by atoms with Crippen LogP contribution in [0.15, 0.2) is 36.4 Å². The zero-order chi connectivity index (χ0) is 19.4. The third kappa shape index (κ3) is 1.63. The van der Waals surface area contributed by atoms with Crippen molar-refractivity contribution in [1.82, 2.24) is 14.9 Å². The summed E-state index contributed by atoms with van der Waals surface area (Å²) in [5, 5.41) is 5.72. The van der Waals surface area contributed by atoms with Crippen molar-refractivity contribution in [3.05, 3.63) is 58.9 Å². The van der Waals surface area contributed by atoms with Crippen LogP contribution in [0, 0.1) is 5.82 Å². The Balaban J connectivity index is 1.89. The highest BCUT2D eigenvalue weighted by atomic mass is 19.1. The lowest BCUT2D eigenvalue weighted by atomic mass is 9.96. The molecule has 3 aromatic carbocycles. The van der Waals surface area contributed by atoms with Crippen molar-refractivity contribution in [1.29, 1.82) is 0 Å². The molecule has 0 aliphatic carbocycles. The van der Waals surface area contributed by atoms with E-state index in [1.54, 1.807) is 6.07 Å². The number of amides is 2. The number of carbonyl (C=O) groups excluding carboxylic acids is 2. The van der Waals surface area contributed by atoms with E-state index >= 15 is 0 Å². The fourth-order valence-corrected chi connectivity index (χ4v) is 5.40. The van der Waals surface area contributed by atoms with Gasteiger partial charge in [-0.2, -0.15) is 0 Å². The molecule has 0 fully saturated rings. The number of aryl methyl sites for hydroxylation is 2. The second kappa shape index (κ2) is 4.84. The van der Waals surface area contributed by atoms with Gasteiger partial charge in [-0.3, -0.25) is 14.9 Å². The number of rotatable bonds is 0. The lowest BCUT2D eigenvalue weighted by Gasteiger charge is -2.17. The van der Waals surface area contributed by atoms with E-state index in [0.29, 0.717) is 23.1 Å². The molecule has 0 radical (unpaired) electrons. The molecule has 0 saturated carbocycles. The number of aromatic nitrogens is 2. The Bertz CT molecular complexity index is 1610. The minimum atomic E-state index is -0.383. The first-order chi connectivity index (χ1) is 14.1. The lowest BCUT2D eigenvalue weighted by Crippen LogP contribution is -2.20. The Kier molecular flexibility index (Phi) is 2.55. The SMILES string of the molecule is O=C1NC(=O)c2c1c1c3ccccc3[nH]c1c1c2c2ccc(F)c3c2n1CCC3. The highest BCUT2D eigenvalue weighted by molar-refractivity contribution is 6.39. The number of hydrogen-bond acceptors (Lipinski definition) is 2. The first-order valence-electron chi connectivity index (χ1n) is 9.70. The molecule has 4 heterocycles. The van der Waals surface area contributed by atoms with Gasteiger partial charge in [0.1, 0.15) is 5.82 Å². The minimum Gasteiger partial charge on any atom is -0.353 e. The quantitative estimate of drug-likeness (QED) is 0.389. The molecule has 0 atom stereocenters. The molecule has 2 aliphatic heterocycles. The minimum absolute atomic E-state index is 0.216. The molecule has 0 saturated heterocycles. The first-order valence-corrected chi connectivity index (χ1v) is 9.70. The van der Waals surface area contributed by atoms with Gasteiger partial charge in [-0.05, 0) is 31.0 Å². The van der Waals surface area contributed by atoms with E-state index in [4.69, 9.17) is 0 Å². The summed E-state index contributed by atoms with van der Waals surface area (Å²) < 4.78 is 16.7. The topological polar surface area (TPSA) is 66.9 Å². The van der Waals surface area contributed by atoms with Gasteiger partial charge in [0.15, 0.2) is 0 Å². The number of H-pyrrole nitrogens is 1. The molecule has 2 amide bonds. The molecule has 2 N–H and O–H groups in total. The normalized spacial score (nSPS) is 15.8. The molecule has 0 spiro atoms. The van der Waals surface area contributed by atoms with Gasteiger partial charge in [-0.25, -0.2) is 4.39 Å². The fourth-order valence-electron chi connectivity index (χ4n) is 5.40. The van der Waals surface area contributed by atoms with E-state index in [0.717, 1.165) is 56.6 Å². The monoisotopic (exact) mass is 383 g/mol. The molecule has 2 aliphatic rings. The summed E-state index contributed by atoms with van der Waals surface area (Å²) >= 11 is 0. The molecule has 6 heteroatoms. The number of fused-ring (bicyclic) bond motifs is 10. The lowest BCUT2D eigenvalue weighted by molar-refractivity contribution is 0.0880. The van der Waals surface area contributed by atoms with Gasteiger partial charge in [0.25, 0.3) is 11.8 Å².